The van der Waals surface area contributed by atoms with Crippen LogP contribution in [0.1, 0.15) is 28.6 Å². The van der Waals surface area contributed by atoms with E-state index < -0.39 is 0 Å². The SMILES string of the molecule is Cc1ccn(-c2ccc(C3c4cccn4Cc4ccccc4N3C=O)c(Cl)c2)n1. The van der Waals surface area contributed by atoms with Gasteiger partial charge < -0.3 is 9.47 Å². The van der Waals surface area contributed by atoms with Crippen molar-refractivity contribution in [3.8, 4) is 5.69 Å². The van der Waals surface area contributed by atoms with Crippen molar-refractivity contribution in [2.45, 2.75) is 19.5 Å². The number of hydrogen-bond donors (Lipinski definition) is 0. The van der Waals surface area contributed by atoms with Crippen LogP contribution in [0.25, 0.3) is 5.69 Å². The molecule has 1 atom stereocenters. The highest BCUT2D eigenvalue weighted by molar-refractivity contribution is 6.31. The van der Waals surface area contributed by atoms with E-state index >= 15 is 0 Å². The van der Waals surface area contributed by atoms with Crippen LogP contribution in [-0.4, -0.2) is 20.8 Å². The van der Waals surface area contributed by atoms with E-state index in [1.54, 1.807) is 9.58 Å². The molecule has 2 aromatic carbocycles. The summed E-state index contributed by atoms with van der Waals surface area (Å²) in [6.45, 7) is 2.66. The standard InChI is InChI=1S/C23H19ClN4O/c1-16-10-12-28(25-16)18-8-9-19(20(24)13-18)23-22-7-4-11-26(22)14-17-5-2-3-6-21(17)27(23)15-29/h2-13,15,23H,14H2,1H3. The van der Waals surface area contributed by atoms with Crippen molar-refractivity contribution in [3.05, 3.63) is 101 Å². The van der Waals surface area contributed by atoms with Gasteiger partial charge in [0.25, 0.3) is 0 Å². The minimum absolute atomic E-state index is 0.313. The molecule has 4 aromatic rings. The summed E-state index contributed by atoms with van der Waals surface area (Å²) in [7, 11) is 0. The van der Waals surface area contributed by atoms with Crippen LogP contribution in [0.4, 0.5) is 5.69 Å². The van der Waals surface area contributed by atoms with E-state index in [0.717, 1.165) is 40.3 Å². The largest absolute Gasteiger partial charge is 0.345 e. The Morgan fingerprint density at radius 2 is 1.93 bits per heavy atom. The van der Waals surface area contributed by atoms with Gasteiger partial charge in [0.1, 0.15) is 6.04 Å². The molecule has 0 aliphatic carbocycles. The van der Waals surface area contributed by atoms with Crippen LogP contribution in [0, 0.1) is 6.92 Å². The van der Waals surface area contributed by atoms with Gasteiger partial charge in [0.05, 0.1) is 11.4 Å². The summed E-state index contributed by atoms with van der Waals surface area (Å²) in [5.41, 5.74) is 5.73. The summed E-state index contributed by atoms with van der Waals surface area (Å²) in [5, 5.41) is 5.05. The highest BCUT2D eigenvalue weighted by Crippen LogP contribution is 2.40. The summed E-state index contributed by atoms with van der Waals surface area (Å²) >= 11 is 6.76. The third kappa shape index (κ3) is 2.95. The number of halogens is 1. The summed E-state index contributed by atoms with van der Waals surface area (Å²) in [6.07, 6.45) is 4.85. The lowest BCUT2D eigenvalue weighted by Crippen LogP contribution is -2.28. The van der Waals surface area contributed by atoms with Gasteiger partial charge in [-0.3, -0.25) is 4.79 Å². The molecular weight excluding hydrogens is 384 g/mol. The molecule has 0 bridgehead atoms. The van der Waals surface area contributed by atoms with Crippen LogP contribution in [0.2, 0.25) is 5.02 Å². The first-order chi connectivity index (χ1) is 14.2. The molecule has 5 rings (SSSR count). The van der Waals surface area contributed by atoms with Crippen LogP contribution in [0.15, 0.2) is 73.1 Å². The summed E-state index contributed by atoms with van der Waals surface area (Å²) < 4.78 is 3.97. The van der Waals surface area contributed by atoms with E-state index in [2.05, 4.69) is 15.7 Å². The molecule has 1 aliphatic heterocycles. The fraction of sp³-hybridized carbons (Fsp3) is 0.130. The molecule has 0 spiro atoms. The van der Waals surface area contributed by atoms with E-state index in [0.29, 0.717) is 11.6 Å². The Morgan fingerprint density at radius 3 is 2.69 bits per heavy atom. The zero-order valence-electron chi connectivity index (χ0n) is 15.9. The van der Waals surface area contributed by atoms with Crippen LogP contribution < -0.4 is 4.90 Å². The van der Waals surface area contributed by atoms with Crippen LogP contribution in [0.5, 0.6) is 0 Å². The van der Waals surface area contributed by atoms with E-state index in [4.69, 9.17) is 11.6 Å². The van der Waals surface area contributed by atoms with E-state index in [1.807, 2.05) is 73.9 Å². The van der Waals surface area contributed by atoms with Crippen molar-refractivity contribution >= 4 is 23.7 Å². The number of fused-ring (bicyclic) bond motifs is 2. The minimum atomic E-state index is -0.313. The lowest BCUT2D eigenvalue weighted by Gasteiger charge is -2.29. The molecule has 0 fully saturated rings. The summed E-state index contributed by atoms with van der Waals surface area (Å²) in [6, 6.07) is 19.6. The Hall–Kier alpha value is -3.31. The molecule has 29 heavy (non-hydrogen) atoms. The highest BCUT2D eigenvalue weighted by atomic mass is 35.5. The van der Waals surface area contributed by atoms with Gasteiger partial charge in [-0.15, -0.1) is 0 Å². The average molecular weight is 403 g/mol. The first kappa shape index (κ1) is 17.8. The summed E-state index contributed by atoms with van der Waals surface area (Å²) in [4.78, 5) is 14.0. The maximum atomic E-state index is 12.3. The van der Waals surface area contributed by atoms with E-state index in [9.17, 15) is 4.79 Å². The third-order valence-electron chi connectivity index (χ3n) is 5.41. The van der Waals surface area contributed by atoms with Crippen LogP contribution in [-0.2, 0) is 11.3 Å². The Morgan fingerprint density at radius 1 is 1.07 bits per heavy atom. The molecule has 144 valence electrons. The van der Waals surface area contributed by atoms with Crippen LogP contribution in [0.3, 0.4) is 0 Å². The van der Waals surface area contributed by atoms with Gasteiger partial charge in [0, 0.05) is 35.3 Å². The zero-order chi connectivity index (χ0) is 20.0. The molecule has 2 aromatic heterocycles. The quantitative estimate of drug-likeness (QED) is 0.464. The molecular formula is C23H19ClN4O. The van der Waals surface area contributed by atoms with Crippen molar-refractivity contribution in [3.63, 3.8) is 0 Å². The Labute approximate surface area is 173 Å². The number of benzene rings is 2. The van der Waals surface area contributed by atoms with Gasteiger partial charge >= 0.3 is 0 Å². The van der Waals surface area contributed by atoms with Crippen LogP contribution >= 0.6 is 11.6 Å². The molecule has 0 saturated carbocycles. The van der Waals surface area contributed by atoms with Gasteiger partial charge in [-0.25, -0.2) is 4.68 Å². The second-order valence-electron chi connectivity index (χ2n) is 7.21. The van der Waals surface area contributed by atoms with Gasteiger partial charge in [0.15, 0.2) is 0 Å². The first-order valence-corrected chi connectivity index (χ1v) is 9.82. The smallest absolute Gasteiger partial charge is 0.215 e. The number of rotatable bonds is 3. The molecule has 1 aliphatic rings. The predicted molar refractivity (Wildman–Crippen MR) is 114 cm³/mol. The number of aromatic nitrogens is 3. The van der Waals surface area contributed by atoms with Gasteiger partial charge in [0.2, 0.25) is 6.41 Å². The second-order valence-corrected chi connectivity index (χ2v) is 7.62. The van der Waals surface area contributed by atoms with Crippen molar-refractivity contribution in [2.24, 2.45) is 0 Å². The number of carbonyl (C=O) groups excluding carboxylic acids is 1. The fourth-order valence-electron chi connectivity index (χ4n) is 4.05. The Balaban J connectivity index is 1.67. The number of hydrogen-bond acceptors (Lipinski definition) is 2. The molecule has 0 N–H and O–H groups in total. The minimum Gasteiger partial charge on any atom is -0.345 e. The number of anilines is 1. The zero-order valence-corrected chi connectivity index (χ0v) is 16.6. The number of carbonyl (C=O) groups is 1. The molecule has 6 heteroatoms. The third-order valence-corrected chi connectivity index (χ3v) is 5.74. The maximum absolute atomic E-state index is 12.3. The molecule has 3 heterocycles. The second kappa shape index (κ2) is 6.94. The Bertz CT molecular complexity index is 1210. The maximum Gasteiger partial charge on any atom is 0.215 e. The van der Waals surface area contributed by atoms with Gasteiger partial charge in [-0.2, -0.15) is 5.10 Å². The Kier molecular flexibility index (Phi) is 4.25. The monoisotopic (exact) mass is 402 g/mol. The van der Waals surface area contributed by atoms with Crippen molar-refractivity contribution in [1.29, 1.82) is 0 Å². The van der Waals surface area contributed by atoms with E-state index in [-0.39, 0.29) is 6.04 Å². The van der Waals surface area contributed by atoms with Crippen molar-refractivity contribution < 1.29 is 4.79 Å². The van der Waals surface area contributed by atoms with Gasteiger partial charge in [-0.1, -0.05) is 35.9 Å². The average Bonchev–Trinajstić information content (AvgIpc) is 3.34. The van der Waals surface area contributed by atoms with Gasteiger partial charge in [-0.05, 0) is 54.4 Å². The highest BCUT2D eigenvalue weighted by Gasteiger charge is 2.31. The molecule has 1 amide bonds. The molecule has 0 saturated heterocycles. The molecule has 0 radical (unpaired) electrons. The van der Waals surface area contributed by atoms with E-state index in [1.165, 1.54) is 0 Å². The topological polar surface area (TPSA) is 43.1 Å². The molecule has 1 unspecified atom stereocenters. The number of aryl methyl sites for hydroxylation is 1. The normalized spacial score (nSPS) is 15.5. The van der Waals surface area contributed by atoms with Crippen molar-refractivity contribution in [1.82, 2.24) is 14.3 Å². The predicted octanol–water partition coefficient (Wildman–Crippen LogP) is 4.75. The lowest BCUT2D eigenvalue weighted by atomic mass is 10.0. The number of amides is 1. The number of para-hydroxylation sites is 1. The fourth-order valence-corrected chi connectivity index (χ4v) is 4.33. The lowest BCUT2D eigenvalue weighted by molar-refractivity contribution is -0.107. The summed E-state index contributed by atoms with van der Waals surface area (Å²) in [5.74, 6) is 0. The first-order valence-electron chi connectivity index (χ1n) is 9.44. The van der Waals surface area contributed by atoms with Crippen molar-refractivity contribution in [2.75, 3.05) is 4.90 Å². The number of nitrogens with zero attached hydrogens (tertiary/aromatic N) is 4. The molecule has 5 nitrogen and oxygen atoms in total.